The van der Waals surface area contributed by atoms with Crippen molar-refractivity contribution in [3.05, 3.63) is 250 Å². The van der Waals surface area contributed by atoms with E-state index in [4.69, 9.17) is 0 Å². The van der Waals surface area contributed by atoms with Crippen LogP contribution in [0.2, 0.25) is 0 Å². The number of carbonyl (C=O) groups excluding carboxylic acids is 6. The Bertz CT molecular complexity index is 3420. The quantitative estimate of drug-likeness (QED) is 0.0298. The standard InChI is InChI=1S/C64H54N8O14/c73-55(67-47-31-43(57(75)69-51(61(79)80)25-37-13-5-1-6-14-37)29-44(32-47)58(76)70-52(62(81)82)26-38-15-7-2-8-16-38)41-21-23-65-49(35-41)50-36-42(22-24-66-50)56(74)68-48-33-45(59(77)71-53(63(83)84)27-39-17-9-3-10-18-39)30-46(34-48)60(78)72-54(64(85)86)28-40-19-11-4-12-20-40/h1-24,29-36,51-54H,25-28H2,(H,67,73)(H,68,74)(H,69,75)(H,70,76)(H,71,77)(H,72,78)(H,79,80)(H,81,82)(H,83,84)(H,85,86)/t51-,52-,53-,54-/m0/s1. The van der Waals surface area contributed by atoms with Crippen LogP contribution in [0.5, 0.6) is 0 Å². The highest BCUT2D eigenvalue weighted by Crippen LogP contribution is 2.23. The number of hydrogen-bond donors (Lipinski definition) is 10. The first kappa shape index (κ1) is 60.4. The van der Waals surface area contributed by atoms with Crippen LogP contribution in [0.3, 0.4) is 0 Å². The van der Waals surface area contributed by atoms with E-state index in [0.29, 0.717) is 22.3 Å². The van der Waals surface area contributed by atoms with Crippen molar-refractivity contribution in [3.8, 4) is 11.4 Å². The molecule has 0 aliphatic rings. The van der Waals surface area contributed by atoms with Gasteiger partial charge in [0.1, 0.15) is 24.2 Å². The maximum atomic E-state index is 14.1. The molecule has 0 saturated carbocycles. The number of aliphatic carboxylic acids is 4. The number of pyridine rings is 2. The molecule has 0 aliphatic carbocycles. The summed E-state index contributed by atoms with van der Waals surface area (Å²) >= 11 is 0. The molecule has 0 spiro atoms. The third kappa shape index (κ3) is 16.7. The fourth-order valence-electron chi connectivity index (χ4n) is 8.92. The lowest BCUT2D eigenvalue weighted by Crippen LogP contribution is -2.43. The molecule has 0 aliphatic heterocycles. The van der Waals surface area contributed by atoms with Crippen molar-refractivity contribution >= 4 is 70.7 Å². The summed E-state index contributed by atoms with van der Waals surface area (Å²) in [5.41, 5.74) is 1.17. The minimum absolute atomic E-state index is 0.0428. The van der Waals surface area contributed by atoms with Gasteiger partial charge in [0.05, 0.1) is 11.4 Å². The lowest BCUT2D eigenvalue weighted by Gasteiger charge is -2.18. The Labute approximate surface area is 490 Å². The first-order chi connectivity index (χ1) is 41.3. The molecule has 86 heavy (non-hydrogen) atoms. The minimum Gasteiger partial charge on any atom is -0.480 e. The highest BCUT2D eigenvalue weighted by molar-refractivity contribution is 6.10. The Morgan fingerprint density at radius 3 is 0.779 bits per heavy atom. The molecule has 434 valence electrons. The second-order valence-corrected chi connectivity index (χ2v) is 19.6. The Balaban J connectivity index is 1.04. The molecule has 0 saturated heterocycles. The summed E-state index contributed by atoms with van der Waals surface area (Å²) in [7, 11) is 0. The summed E-state index contributed by atoms with van der Waals surface area (Å²) in [6.45, 7) is 0. The number of nitrogens with zero attached hydrogens (tertiary/aromatic N) is 2. The van der Waals surface area contributed by atoms with E-state index < -0.39 is 83.5 Å². The SMILES string of the molecule is O=C(Nc1cc(C(=O)N[C@@H](Cc2ccccc2)C(=O)O)cc(C(=O)N[C@@H](Cc2ccccc2)C(=O)O)c1)c1ccnc(-c2cc(C(=O)Nc3cc(C(=O)N[C@@H](Cc4ccccc4)C(=O)O)cc(C(=O)N[C@@H](Cc4ccccc4)C(=O)O)c3)ccn2)c1. The van der Waals surface area contributed by atoms with Crippen LogP contribution < -0.4 is 31.9 Å². The zero-order chi connectivity index (χ0) is 61.3. The normalized spacial score (nSPS) is 12.1. The Kier molecular flexibility index (Phi) is 19.9. The van der Waals surface area contributed by atoms with Crippen LogP contribution in [0.4, 0.5) is 11.4 Å². The molecule has 8 aromatic rings. The van der Waals surface area contributed by atoms with Crippen LogP contribution in [-0.4, -0.2) is 114 Å². The monoisotopic (exact) mass is 1160 g/mol. The van der Waals surface area contributed by atoms with Gasteiger partial charge < -0.3 is 52.3 Å². The van der Waals surface area contributed by atoms with E-state index in [0.717, 1.165) is 12.1 Å². The zero-order valence-corrected chi connectivity index (χ0v) is 45.4. The number of anilines is 2. The first-order valence-corrected chi connectivity index (χ1v) is 26.5. The maximum Gasteiger partial charge on any atom is 0.326 e. The van der Waals surface area contributed by atoms with Gasteiger partial charge in [-0.25, -0.2) is 19.2 Å². The smallest absolute Gasteiger partial charge is 0.326 e. The fraction of sp³-hybridized carbons (Fsp3) is 0.125. The molecular formula is C64H54N8O14. The minimum atomic E-state index is -1.43. The van der Waals surface area contributed by atoms with Crippen LogP contribution in [0.15, 0.2) is 194 Å². The third-order valence-corrected chi connectivity index (χ3v) is 13.3. The van der Waals surface area contributed by atoms with Crippen molar-refractivity contribution in [1.82, 2.24) is 31.2 Å². The maximum absolute atomic E-state index is 14.1. The average Bonchev–Trinajstić information content (AvgIpc) is 3.42. The van der Waals surface area contributed by atoms with Crippen molar-refractivity contribution in [3.63, 3.8) is 0 Å². The van der Waals surface area contributed by atoms with Crippen molar-refractivity contribution < 1.29 is 68.4 Å². The zero-order valence-electron chi connectivity index (χ0n) is 45.4. The molecule has 6 amide bonds. The van der Waals surface area contributed by atoms with Crippen molar-refractivity contribution in [2.75, 3.05) is 10.6 Å². The van der Waals surface area contributed by atoms with Gasteiger partial charge in [-0.3, -0.25) is 38.7 Å². The number of hydrogen-bond acceptors (Lipinski definition) is 12. The average molecular weight is 1160 g/mol. The molecule has 8 rings (SSSR count). The van der Waals surface area contributed by atoms with Gasteiger partial charge in [-0.2, -0.15) is 0 Å². The van der Waals surface area contributed by atoms with Gasteiger partial charge in [0.15, 0.2) is 0 Å². The van der Waals surface area contributed by atoms with Gasteiger partial charge in [-0.15, -0.1) is 0 Å². The molecule has 6 aromatic carbocycles. The molecule has 0 unspecified atom stereocenters. The molecule has 2 heterocycles. The van der Waals surface area contributed by atoms with Crippen LogP contribution >= 0.6 is 0 Å². The van der Waals surface area contributed by atoms with Gasteiger partial charge in [-0.1, -0.05) is 121 Å². The third-order valence-electron chi connectivity index (χ3n) is 13.3. The van der Waals surface area contributed by atoms with Gasteiger partial charge in [0, 0.05) is 82.8 Å². The van der Waals surface area contributed by atoms with E-state index >= 15 is 0 Å². The van der Waals surface area contributed by atoms with Gasteiger partial charge >= 0.3 is 23.9 Å². The number of amides is 6. The molecule has 0 bridgehead atoms. The summed E-state index contributed by atoms with van der Waals surface area (Å²) in [6, 6.07) is 40.7. The summed E-state index contributed by atoms with van der Waals surface area (Å²) in [6.07, 6.45) is 2.13. The predicted molar refractivity (Wildman–Crippen MR) is 312 cm³/mol. The number of aromatic nitrogens is 2. The second-order valence-electron chi connectivity index (χ2n) is 19.6. The van der Waals surface area contributed by atoms with E-state index in [9.17, 15) is 68.4 Å². The Morgan fingerprint density at radius 1 is 0.302 bits per heavy atom. The number of benzene rings is 6. The van der Waals surface area contributed by atoms with Gasteiger partial charge in [0.2, 0.25) is 0 Å². The molecule has 0 fully saturated rings. The highest BCUT2D eigenvalue weighted by Gasteiger charge is 2.28. The fourth-order valence-corrected chi connectivity index (χ4v) is 8.92. The lowest BCUT2D eigenvalue weighted by atomic mass is 10.0. The number of carbonyl (C=O) groups is 10. The van der Waals surface area contributed by atoms with Crippen LogP contribution in [0.1, 0.15) is 84.4 Å². The van der Waals surface area contributed by atoms with Crippen LogP contribution in [0, 0.1) is 0 Å². The molecule has 2 aromatic heterocycles. The number of carboxylic acids is 4. The summed E-state index contributed by atoms with van der Waals surface area (Å²) in [5.74, 6) is -10.8. The molecule has 22 heteroatoms. The predicted octanol–water partition coefficient (Wildman–Crippen LogP) is 6.35. The van der Waals surface area contributed by atoms with Crippen molar-refractivity contribution in [2.45, 2.75) is 49.9 Å². The summed E-state index contributed by atoms with van der Waals surface area (Å²) in [4.78, 5) is 142. The number of rotatable bonds is 25. The number of carboxylic acid groups (broad SMARTS) is 4. The Hall–Kier alpha value is -11.7. The van der Waals surface area contributed by atoms with Gasteiger partial charge in [-0.05, 0) is 82.9 Å². The molecular weight excluding hydrogens is 1100 g/mol. The Morgan fingerprint density at radius 2 is 0.547 bits per heavy atom. The first-order valence-electron chi connectivity index (χ1n) is 26.5. The van der Waals surface area contributed by atoms with E-state index in [1.165, 1.54) is 60.9 Å². The second kappa shape index (κ2) is 28.3. The van der Waals surface area contributed by atoms with E-state index in [-0.39, 0.29) is 81.8 Å². The van der Waals surface area contributed by atoms with E-state index in [1.54, 1.807) is 121 Å². The lowest BCUT2D eigenvalue weighted by molar-refractivity contribution is -0.140. The summed E-state index contributed by atoms with van der Waals surface area (Å²) in [5, 5.41) is 55.4. The molecule has 0 radical (unpaired) electrons. The van der Waals surface area contributed by atoms with Crippen LogP contribution in [-0.2, 0) is 44.9 Å². The topological polar surface area (TPSA) is 350 Å². The van der Waals surface area contributed by atoms with E-state index in [2.05, 4.69) is 41.9 Å². The largest absolute Gasteiger partial charge is 0.480 e. The number of nitrogens with one attached hydrogen (secondary N) is 6. The van der Waals surface area contributed by atoms with E-state index in [1.807, 2.05) is 0 Å². The van der Waals surface area contributed by atoms with Crippen LogP contribution in [0.25, 0.3) is 11.4 Å². The van der Waals surface area contributed by atoms with Gasteiger partial charge in [0.25, 0.3) is 35.4 Å². The summed E-state index contributed by atoms with van der Waals surface area (Å²) < 4.78 is 0. The molecule has 10 N–H and O–H groups in total. The van der Waals surface area contributed by atoms with Crippen molar-refractivity contribution in [2.24, 2.45) is 0 Å². The highest BCUT2D eigenvalue weighted by atomic mass is 16.4. The van der Waals surface area contributed by atoms with Crippen molar-refractivity contribution in [1.29, 1.82) is 0 Å². The molecule has 4 atom stereocenters. The molecule has 22 nitrogen and oxygen atoms in total.